The highest BCUT2D eigenvalue weighted by Gasteiger charge is 2.31. The number of rotatable bonds is 5. The third-order valence-corrected chi connectivity index (χ3v) is 3.65. The van der Waals surface area contributed by atoms with Crippen LogP contribution in [0.25, 0.3) is 11.3 Å². The zero-order valence-electron chi connectivity index (χ0n) is 13.6. The number of hydrogen-bond acceptors (Lipinski definition) is 5. The predicted octanol–water partition coefficient (Wildman–Crippen LogP) is 3.40. The van der Waals surface area contributed by atoms with Crippen LogP contribution in [0.4, 0.5) is 0 Å². The van der Waals surface area contributed by atoms with Crippen molar-refractivity contribution in [2.45, 2.75) is 13.8 Å². The van der Waals surface area contributed by atoms with Crippen LogP contribution < -0.4 is 0 Å². The Bertz CT molecular complexity index is 782. The maximum absolute atomic E-state index is 12.3. The number of nitrogens with zero attached hydrogens (tertiary/aromatic N) is 1. The number of halogens is 1. The minimum atomic E-state index is -0.726. The van der Waals surface area contributed by atoms with Gasteiger partial charge in [0, 0.05) is 17.6 Å². The van der Waals surface area contributed by atoms with E-state index in [1.165, 1.54) is 4.57 Å². The summed E-state index contributed by atoms with van der Waals surface area (Å²) in [5.74, 6) is -1.92. The van der Waals surface area contributed by atoms with Crippen molar-refractivity contribution in [2.75, 3.05) is 13.2 Å². The first-order valence-electron chi connectivity index (χ1n) is 7.44. The summed E-state index contributed by atoms with van der Waals surface area (Å²) in [4.78, 5) is 24.5. The van der Waals surface area contributed by atoms with E-state index >= 15 is 0 Å². The van der Waals surface area contributed by atoms with Gasteiger partial charge >= 0.3 is 11.9 Å². The molecule has 1 N–H and O–H groups in total. The predicted molar refractivity (Wildman–Crippen MR) is 89.4 cm³/mol. The maximum atomic E-state index is 12.3. The van der Waals surface area contributed by atoms with Crippen LogP contribution in [0.15, 0.2) is 24.3 Å². The largest absolute Gasteiger partial charge is 0.505 e. The van der Waals surface area contributed by atoms with Gasteiger partial charge in [0.25, 0.3) is 0 Å². The van der Waals surface area contributed by atoms with Crippen LogP contribution in [0.2, 0.25) is 5.02 Å². The van der Waals surface area contributed by atoms with Gasteiger partial charge in [-0.05, 0) is 26.0 Å². The van der Waals surface area contributed by atoms with Gasteiger partial charge in [0.2, 0.25) is 0 Å². The van der Waals surface area contributed by atoms with E-state index in [2.05, 4.69) is 0 Å². The summed E-state index contributed by atoms with van der Waals surface area (Å²) in [7, 11) is 1.56. The normalized spacial score (nSPS) is 10.5. The van der Waals surface area contributed by atoms with Crippen molar-refractivity contribution in [3.63, 3.8) is 0 Å². The summed E-state index contributed by atoms with van der Waals surface area (Å²) < 4.78 is 11.4. The summed E-state index contributed by atoms with van der Waals surface area (Å²) in [6.07, 6.45) is 0. The molecule has 0 atom stereocenters. The number of carbonyl (C=O) groups is 2. The third kappa shape index (κ3) is 3.23. The lowest BCUT2D eigenvalue weighted by Gasteiger charge is -2.09. The fraction of sp³-hybridized carbons (Fsp3) is 0.294. The van der Waals surface area contributed by atoms with Gasteiger partial charge in [0.1, 0.15) is 5.56 Å². The molecule has 0 spiro atoms. The number of aromatic hydroxyl groups is 1. The van der Waals surface area contributed by atoms with Gasteiger partial charge in [-0.25, -0.2) is 9.59 Å². The number of benzene rings is 1. The molecule has 24 heavy (non-hydrogen) atoms. The van der Waals surface area contributed by atoms with Crippen molar-refractivity contribution >= 4 is 23.5 Å². The van der Waals surface area contributed by atoms with Crippen LogP contribution in [0, 0.1) is 0 Å². The van der Waals surface area contributed by atoms with Crippen LogP contribution in [-0.4, -0.2) is 34.8 Å². The molecule has 0 saturated heterocycles. The number of hydrogen-bond donors (Lipinski definition) is 1. The lowest BCUT2D eigenvalue weighted by molar-refractivity contribution is 0.0512. The zero-order valence-corrected chi connectivity index (χ0v) is 14.4. The molecule has 0 aliphatic carbocycles. The van der Waals surface area contributed by atoms with E-state index in [1.54, 1.807) is 45.2 Å². The van der Waals surface area contributed by atoms with Crippen LogP contribution in [-0.2, 0) is 16.5 Å². The van der Waals surface area contributed by atoms with E-state index in [-0.39, 0.29) is 24.5 Å². The van der Waals surface area contributed by atoms with Gasteiger partial charge in [0.15, 0.2) is 11.4 Å². The van der Waals surface area contributed by atoms with Crippen LogP contribution in [0.3, 0.4) is 0 Å². The molecule has 6 nitrogen and oxygen atoms in total. The first-order chi connectivity index (χ1) is 11.4. The van der Waals surface area contributed by atoms with Crippen molar-refractivity contribution in [1.82, 2.24) is 4.57 Å². The molecule has 0 unspecified atom stereocenters. The number of aromatic nitrogens is 1. The summed E-state index contributed by atoms with van der Waals surface area (Å²) in [5.41, 5.74) is 0.690. The van der Waals surface area contributed by atoms with Gasteiger partial charge in [-0.1, -0.05) is 23.7 Å². The van der Waals surface area contributed by atoms with E-state index in [9.17, 15) is 14.7 Å². The van der Waals surface area contributed by atoms with E-state index in [1.807, 2.05) is 0 Å². The molecule has 2 rings (SSSR count). The molecule has 2 aromatic rings. The standard InChI is InChI=1S/C17H18ClNO5/c1-4-23-16(21)12-13(10-7-6-8-11(18)9-10)19(3)14(15(12)20)17(22)24-5-2/h6-9,20H,4-5H2,1-3H3. The second-order valence-corrected chi connectivity index (χ2v) is 5.37. The Labute approximate surface area is 144 Å². The highest BCUT2D eigenvalue weighted by atomic mass is 35.5. The lowest BCUT2D eigenvalue weighted by Crippen LogP contribution is -2.10. The fourth-order valence-corrected chi connectivity index (χ4v) is 2.66. The van der Waals surface area contributed by atoms with E-state index in [4.69, 9.17) is 21.1 Å². The quantitative estimate of drug-likeness (QED) is 0.835. The molecule has 1 heterocycles. The maximum Gasteiger partial charge on any atom is 0.358 e. The highest BCUT2D eigenvalue weighted by Crippen LogP contribution is 2.37. The summed E-state index contributed by atoms with van der Waals surface area (Å²) >= 11 is 6.02. The minimum absolute atomic E-state index is 0.0929. The van der Waals surface area contributed by atoms with Gasteiger partial charge in [-0.2, -0.15) is 0 Å². The molecule has 0 fully saturated rings. The molecular weight excluding hydrogens is 334 g/mol. The Kier molecular flexibility index (Phi) is 5.51. The zero-order chi connectivity index (χ0) is 17.9. The molecule has 128 valence electrons. The van der Waals surface area contributed by atoms with Gasteiger partial charge in [0.05, 0.1) is 18.9 Å². The number of carbonyl (C=O) groups excluding carboxylic acids is 2. The number of ether oxygens (including phenoxy) is 2. The Hall–Kier alpha value is -2.47. The van der Waals surface area contributed by atoms with Crippen molar-refractivity contribution in [2.24, 2.45) is 7.05 Å². The second-order valence-electron chi connectivity index (χ2n) is 4.93. The van der Waals surface area contributed by atoms with Crippen molar-refractivity contribution in [1.29, 1.82) is 0 Å². The first kappa shape index (κ1) is 17.9. The summed E-state index contributed by atoms with van der Waals surface area (Å²) in [6, 6.07) is 6.75. The second kappa shape index (κ2) is 7.40. The smallest absolute Gasteiger partial charge is 0.358 e. The fourth-order valence-electron chi connectivity index (χ4n) is 2.47. The molecule has 1 aromatic heterocycles. The molecule has 0 saturated carbocycles. The average molecular weight is 352 g/mol. The van der Waals surface area contributed by atoms with Crippen LogP contribution in [0.5, 0.6) is 5.75 Å². The Balaban J connectivity index is 2.73. The SMILES string of the molecule is CCOC(=O)c1c(O)c(C(=O)OCC)n(C)c1-c1cccc(Cl)c1. The molecule has 0 aliphatic heterocycles. The molecule has 0 aliphatic rings. The Morgan fingerprint density at radius 2 is 1.79 bits per heavy atom. The Morgan fingerprint density at radius 1 is 1.17 bits per heavy atom. The highest BCUT2D eigenvalue weighted by molar-refractivity contribution is 6.30. The lowest BCUT2D eigenvalue weighted by atomic mass is 10.1. The minimum Gasteiger partial charge on any atom is -0.505 e. The van der Waals surface area contributed by atoms with E-state index in [0.717, 1.165) is 0 Å². The molecular formula is C17H18ClNO5. The third-order valence-electron chi connectivity index (χ3n) is 3.42. The molecule has 0 bridgehead atoms. The van der Waals surface area contributed by atoms with Crippen LogP contribution >= 0.6 is 11.6 Å². The van der Waals surface area contributed by atoms with E-state index in [0.29, 0.717) is 16.3 Å². The average Bonchev–Trinajstić information content (AvgIpc) is 2.78. The van der Waals surface area contributed by atoms with Gasteiger partial charge < -0.3 is 19.1 Å². The van der Waals surface area contributed by atoms with Crippen LogP contribution in [0.1, 0.15) is 34.7 Å². The molecule has 0 radical (unpaired) electrons. The monoisotopic (exact) mass is 351 g/mol. The van der Waals surface area contributed by atoms with Crippen molar-refractivity contribution in [3.05, 3.63) is 40.5 Å². The van der Waals surface area contributed by atoms with E-state index < -0.39 is 17.7 Å². The molecule has 1 aromatic carbocycles. The summed E-state index contributed by atoms with van der Waals surface area (Å²) in [6.45, 7) is 3.59. The molecule has 0 amide bonds. The number of esters is 2. The first-order valence-corrected chi connectivity index (χ1v) is 7.81. The Morgan fingerprint density at radius 3 is 2.38 bits per heavy atom. The van der Waals surface area contributed by atoms with Crippen molar-refractivity contribution in [3.8, 4) is 17.0 Å². The summed E-state index contributed by atoms with van der Waals surface area (Å²) in [5, 5.41) is 10.9. The molecule has 7 heteroatoms. The topological polar surface area (TPSA) is 77.8 Å². The van der Waals surface area contributed by atoms with Gasteiger partial charge in [-0.3, -0.25) is 0 Å². The van der Waals surface area contributed by atoms with Crippen molar-refractivity contribution < 1.29 is 24.2 Å². The van der Waals surface area contributed by atoms with Gasteiger partial charge in [-0.15, -0.1) is 0 Å².